The number of nitrogens with two attached hydrogens (primary N) is 1. The van der Waals surface area contributed by atoms with E-state index >= 15 is 0 Å². The second kappa shape index (κ2) is 6.59. The molecule has 0 aromatic carbocycles. The minimum atomic E-state index is -1.16. The summed E-state index contributed by atoms with van der Waals surface area (Å²) in [7, 11) is 0. The topological polar surface area (TPSA) is 91.1 Å². The van der Waals surface area contributed by atoms with Crippen LogP contribution < -0.4 is 10.6 Å². The van der Waals surface area contributed by atoms with E-state index in [-0.39, 0.29) is 6.54 Å². The average molecular weight is 335 g/mol. The zero-order valence-corrected chi connectivity index (χ0v) is 13.9. The Hall–Kier alpha value is -2.06. The van der Waals surface area contributed by atoms with E-state index < -0.39 is 5.60 Å². The summed E-state index contributed by atoms with van der Waals surface area (Å²) in [4.78, 5) is 12.9. The lowest BCUT2D eigenvalue weighted by Gasteiger charge is -2.35. The maximum atomic E-state index is 10.4. The van der Waals surface area contributed by atoms with E-state index in [0.29, 0.717) is 11.7 Å². The molecule has 2 aromatic heterocycles. The molecule has 7 nitrogen and oxygen atoms in total. The predicted molar refractivity (Wildman–Crippen MR) is 90.7 cm³/mol. The number of furan rings is 1. The van der Waals surface area contributed by atoms with Crippen LogP contribution in [0.1, 0.15) is 12.7 Å². The zero-order chi connectivity index (χ0) is 16.3. The molecule has 124 valence electrons. The first-order chi connectivity index (χ1) is 11.1. The van der Waals surface area contributed by atoms with Crippen LogP contribution in [-0.2, 0) is 5.60 Å². The van der Waals surface area contributed by atoms with Gasteiger partial charge in [0.15, 0.2) is 11.1 Å². The van der Waals surface area contributed by atoms with Crippen LogP contribution in [0.2, 0.25) is 0 Å². The van der Waals surface area contributed by atoms with E-state index in [1.54, 1.807) is 30.4 Å². The van der Waals surface area contributed by atoms with Crippen molar-refractivity contribution in [2.45, 2.75) is 12.5 Å². The molecular weight excluding hydrogens is 314 g/mol. The number of piperazine rings is 1. The molecule has 3 N–H and O–H groups in total. The molecule has 0 bridgehead atoms. The highest BCUT2D eigenvalue weighted by molar-refractivity contribution is 7.13. The Bertz CT molecular complexity index is 631. The van der Waals surface area contributed by atoms with Crippen LogP contribution in [-0.4, -0.2) is 53.7 Å². The Morgan fingerprint density at radius 1 is 1.48 bits per heavy atom. The molecule has 1 unspecified atom stereocenters. The van der Waals surface area contributed by atoms with E-state index in [4.69, 9.17) is 10.2 Å². The number of hydrogen-bond donors (Lipinski definition) is 2. The molecule has 23 heavy (non-hydrogen) atoms. The largest absolute Gasteiger partial charge is 0.466 e. The van der Waals surface area contributed by atoms with E-state index in [2.05, 4.69) is 14.9 Å². The molecule has 3 rings (SSSR count). The quantitative estimate of drug-likeness (QED) is 0.642. The smallest absolute Gasteiger partial charge is 0.191 e. The summed E-state index contributed by atoms with van der Waals surface area (Å²) < 4.78 is 5.25. The fourth-order valence-corrected chi connectivity index (χ4v) is 3.19. The van der Waals surface area contributed by atoms with E-state index in [0.717, 1.165) is 31.3 Å². The predicted octanol–water partition coefficient (Wildman–Crippen LogP) is 1.08. The highest BCUT2D eigenvalue weighted by atomic mass is 32.1. The first-order valence-corrected chi connectivity index (χ1v) is 8.40. The van der Waals surface area contributed by atoms with E-state index in [1.807, 2.05) is 16.5 Å². The van der Waals surface area contributed by atoms with Crippen molar-refractivity contribution in [3.05, 3.63) is 35.7 Å². The number of rotatable bonds is 4. The van der Waals surface area contributed by atoms with Crippen LogP contribution in [0.5, 0.6) is 0 Å². The highest BCUT2D eigenvalue weighted by Crippen LogP contribution is 2.22. The van der Waals surface area contributed by atoms with Crippen LogP contribution >= 0.6 is 11.3 Å². The molecule has 8 heteroatoms. The fraction of sp³-hybridized carbons (Fsp3) is 0.467. The van der Waals surface area contributed by atoms with Gasteiger partial charge in [-0.05, 0) is 19.1 Å². The Morgan fingerprint density at radius 3 is 2.87 bits per heavy atom. The minimum Gasteiger partial charge on any atom is -0.466 e. The molecule has 0 amide bonds. The van der Waals surface area contributed by atoms with Gasteiger partial charge < -0.3 is 25.1 Å². The van der Waals surface area contributed by atoms with Crippen LogP contribution in [0, 0.1) is 0 Å². The van der Waals surface area contributed by atoms with Crippen molar-refractivity contribution < 1.29 is 9.52 Å². The summed E-state index contributed by atoms with van der Waals surface area (Å²) in [5, 5.41) is 13.4. The molecule has 0 spiro atoms. The van der Waals surface area contributed by atoms with Crippen LogP contribution in [0.25, 0.3) is 0 Å². The maximum Gasteiger partial charge on any atom is 0.191 e. The molecule has 1 saturated heterocycles. The van der Waals surface area contributed by atoms with Gasteiger partial charge in [-0.1, -0.05) is 0 Å². The average Bonchev–Trinajstić information content (AvgIpc) is 3.26. The van der Waals surface area contributed by atoms with Crippen LogP contribution in [0.4, 0.5) is 5.13 Å². The van der Waals surface area contributed by atoms with E-state index in [1.165, 1.54) is 6.26 Å². The van der Waals surface area contributed by atoms with Gasteiger partial charge in [-0.2, -0.15) is 0 Å². The summed E-state index contributed by atoms with van der Waals surface area (Å²) in [6.45, 7) is 5.13. The van der Waals surface area contributed by atoms with Crippen molar-refractivity contribution in [2.24, 2.45) is 10.7 Å². The first kappa shape index (κ1) is 15.8. The van der Waals surface area contributed by atoms with Crippen molar-refractivity contribution in [3.8, 4) is 0 Å². The SMILES string of the molecule is CC(O)(CN=C(N)N1CCN(c2nccs2)CC1)c1ccco1. The fourth-order valence-electron chi connectivity index (χ4n) is 2.50. The monoisotopic (exact) mass is 335 g/mol. The lowest BCUT2D eigenvalue weighted by atomic mass is 10.0. The molecular formula is C15H21N5O2S. The number of thiazole rings is 1. The van der Waals surface area contributed by atoms with E-state index in [9.17, 15) is 5.11 Å². The maximum absolute atomic E-state index is 10.4. The number of guanidine groups is 1. The Kier molecular flexibility index (Phi) is 4.53. The lowest BCUT2D eigenvalue weighted by Crippen LogP contribution is -2.51. The molecule has 1 fully saturated rings. The van der Waals surface area contributed by atoms with Crippen molar-refractivity contribution >= 4 is 22.4 Å². The third-order valence-corrected chi connectivity index (χ3v) is 4.73. The van der Waals surface area contributed by atoms with Gasteiger partial charge in [-0.3, -0.25) is 0 Å². The second-order valence-corrected chi connectivity index (χ2v) is 6.59. The number of aliphatic imine (C=N–C) groups is 1. The lowest BCUT2D eigenvalue weighted by molar-refractivity contribution is 0.0435. The second-order valence-electron chi connectivity index (χ2n) is 5.71. The van der Waals surface area contributed by atoms with Gasteiger partial charge in [0.05, 0.1) is 12.8 Å². The molecule has 1 aliphatic rings. The summed E-state index contributed by atoms with van der Waals surface area (Å²) in [6.07, 6.45) is 3.35. The van der Waals surface area contributed by atoms with Gasteiger partial charge in [0, 0.05) is 37.8 Å². The van der Waals surface area contributed by atoms with Gasteiger partial charge in [-0.25, -0.2) is 9.98 Å². The third kappa shape index (κ3) is 3.65. The molecule has 0 radical (unpaired) electrons. The molecule has 2 aromatic rings. The zero-order valence-electron chi connectivity index (χ0n) is 13.1. The Morgan fingerprint density at radius 2 is 2.26 bits per heavy atom. The van der Waals surface area contributed by atoms with Gasteiger partial charge in [-0.15, -0.1) is 11.3 Å². The normalized spacial score (nSPS) is 19.0. The van der Waals surface area contributed by atoms with Crippen molar-refractivity contribution in [2.75, 3.05) is 37.6 Å². The van der Waals surface area contributed by atoms with Crippen LogP contribution in [0.3, 0.4) is 0 Å². The van der Waals surface area contributed by atoms with Gasteiger partial charge >= 0.3 is 0 Å². The number of aromatic nitrogens is 1. The summed E-state index contributed by atoms with van der Waals surface area (Å²) >= 11 is 1.64. The first-order valence-electron chi connectivity index (χ1n) is 7.52. The number of nitrogens with zero attached hydrogens (tertiary/aromatic N) is 4. The van der Waals surface area contributed by atoms with Crippen molar-refractivity contribution in [3.63, 3.8) is 0 Å². The third-order valence-electron chi connectivity index (χ3n) is 3.89. The Labute approximate surface area is 139 Å². The van der Waals surface area contributed by atoms with Crippen molar-refractivity contribution in [1.82, 2.24) is 9.88 Å². The molecule has 1 aliphatic heterocycles. The molecule has 0 saturated carbocycles. The number of anilines is 1. The van der Waals surface area contributed by atoms with Crippen molar-refractivity contribution in [1.29, 1.82) is 0 Å². The van der Waals surface area contributed by atoms with Gasteiger partial charge in [0.2, 0.25) is 0 Å². The summed E-state index contributed by atoms with van der Waals surface area (Å²) in [5.74, 6) is 0.943. The molecule has 0 aliphatic carbocycles. The highest BCUT2D eigenvalue weighted by Gasteiger charge is 2.27. The minimum absolute atomic E-state index is 0.166. The van der Waals surface area contributed by atoms with Crippen LogP contribution in [0.15, 0.2) is 39.4 Å². The number of hydrogen-bond acceptors (Lipinski definition) is 6. The van der Waals surface area contributed by atoms with Gasteiger partial charge in [0.1, 0.15) is 11.4 Å². The molecule has 3 heterocycles. The van der Waals surface area contributed by atoms with Gasteiger partial charge in [0.25, 0.3) is 0 Å². The standard InChI is InChI=1S/C15H21N5O2S/c1-15(21,12-3-2-9-22-12)11-18-13(16)19-5-7-20(8-6-19)14-17-4-10-23-14/h2-4,9-10,21H,5-8,11H2,1H3,(H2,16,18). The Balaban J connectivity index is 1.55. The summed E-state index contributed by atoms with van der Waals surface area (Å²) in [5.41, 5.74) is 4.92. The number of aliphatic hydroxyl groups is 1. The summed E-state index contributed by atoms with van der Waals surface area (Å²) in [6, 6.07) is 3.48. The molecule has 1 atom stereocenters.